The summed E-state index contributed by atoms with van der Waals surface area (Å²) in [6.07, 6.45) is 8.06. The van der Waals surface area contributed by atoms with E-state index >= 15 is 0 Å². The highest BCUT2D eigenvalue weighted by Crippen LogP contribution is 2.18. The van der Waals surface area contributed by atoms with Gasteiger partial charge in [-0.1, -0.05) is 6.92 Å². The van der Waals surface area contributed by atoms with E-state index in [4.69, 9.17) is 0 Å². The Kier molecular flexibility index (Phi) is 4.02. The SMILES string of the molecule is C[C@H]1CCCN(Cc2ccnc(-c3cccnc3)n2)C1. The maximum atomic E-state index is 4.67. The zero-order chi connectivity index (χ0) is 13.8. The van der Waals surface area contributed by atoms with Crippen molar-refractivity contribution in [1.82, 2.24) is 19.9 Å². The summed E-state index contributed by atoms with van der Waals surface area (Å²) < 4.78 is 0. The summed E-state index contributed by atoms with van der Waals surface area (Å²) in [5.41, 5.74) is 2.06. The normalized spacial score (nSPS) is 19.9. The van der Waals surface area contributed by atoms with Crippen molar-refractivity contribution in [2.75, 3.05) is 13.1 Å². The zero-order valence-electron chi connectivity index (χ0n) is 11.9. The van der Waals surface area contributed by atoms with Crippen molar-refractivity contribution in [2.24, 2.45) is 5.92 Å². The fourth-order valence-electron chi connectivity index (χ4n) is 2.78. The van der Waals surface area contributed by atoms with E-state index in [1.54, 1.807) is 6.20 Å². The zero-order valence-corrected chi connectivity index (χ0v) is 11.9. The van der Waals surface area contributed by atoms with Gasteiger partial charge in [0, 0.05) is 37.2 Å². The van der Waals surface area contributed by atoms with E-state index in [2.05, 4.69) is 26.8 Å². The van der Waals surface area contributed by atoms with Crippen molar-refractivity contribution in [1.29, 1.82) is 0 Å². The van der Waals surface area contributed by atoms with Gasteiger partial charge in [0.1, 0.15) is 0 Å². The first-order valence-corrected chi connectivity index (χ1v) is 7.26. The number of nitrogens with zero attached hydrogens (tertiary/aromatic N) is 4. The van der Waals surface area contributed by atoms with Crippen LogP contribution < -0.4 is 0 Å². The Morgan fingerprint density at radius 1 is 1.30 bits per heavy atom. The highest BCUT2D eigenvalue weighted by Gasteiger charge is 2.16. The van der Waals surface area contributed by atoms with Gasteiger partial charge in [-0.05, 0) is 43.5 Å². The number of likely N-dealkylation sites (tertiary alicyclic amines) is 1. The molecule has 1 aliphatic heterocycles. The van der Waals surface area contributed by atoms with Gasteiger partial charge in [0.05, 0.1) is 5.69 Å². The molecular formula is C16H20N4. The van der Waals surface area contributed by atoms with Gasteiger partial charge in [-0.25, -0.2) is 9.97 Å². The number of hydrogen-bond acceptors (Lipinski definition) is 4. The third kappa shape index (κ3) is 3.20. The third-order valence-electron chi connectivity index (χ3n) is 3.76. The van der Waals surface area contributed by atoms with Crippen molar-refractivity contribution in [3.8, 4) is 11.4 Å². The highest BCUT2D eigenvalue weighted by atomic mass is 15.1. The molecule has 104 valence electrons. The van der Waals surface area contributed by atoms with Gasteiger partial charge in [0.25, 0.3) is 0 Å². The molecule has 3 heterocycles. The topological polar surface area (TPSA) is 41.9 Å². The molecule has 0 bridgehead atoms. The van der Waals surface area contributed by atoms with Crippen LogP contribution in [0.4, 0.5) is 0 Å². The summed E-state index contributed by atoms with van der Waals surface area (Å²) in [6, 6.07) is 5.92. The number of rotatable bonds is 3. The first-order chi connectivity index (χ1) is 9.81. The Morgan fingerprint density at radius 2 is 2.25 bits per heavy atom. The van der Waals surface area contributed by atoms with Gasteiger partial charge in [-0.15, -0.1) is 0 Å². The monoisotopic (exact) mass is 268 g/mol. The van der Waals surface area contributed by atoms with E-state index < -0.39 is 0 Å². The predicted molar refractivity (Wildman–Crippen MR) is 78.9 cm³/mol. The van der Waals surface area contributed by atoms with Crippen LogP contribution in [0.1, 0.15) is 25.5 Å². The Labute approximate surface area is 119 Å². The molecule has 0 radical (unpaired) electrons. The molecule has 0 amide bonds. The summed E-state index contributed by atoms with van der Waals surface area (Å²) in [5, 5.41) is 0. The second kappa shape index (κ2) is 6.09. The lowest BCUT2D eigenvalue weighted by atomic mass is 10.0. The van der Waals surface area contributed by atoms with Crippen LogP contribution in [-0.2, 0) is 6.54 Å². The van der Waals surface area contributed by atoms with Gasteiger partial charge < -0.3 is 0 Å². The fourth-order valence-corrected chi connectivity index (χ4v) is 2.78. The second-order valence-corrected chi connectivity index (χ2v) is 5.60. The predicted octanol–water partition coefficient (Wildman–Crippen LogP) is 2.77. The lowest BCUT2D eigenvalue weighted by molar-refractivity contribution is 0.175. The van der Waals surface area contributed by atoms with E-state index in [9.17, 15) is 0 Å². The second-order valence-electron chi connectivity index (χ2n) is 5.60. The van der Waals surface area contributed by atoms with E-state index in [0.717, 1.165) is 29.5 Å². The molecule has 0 unspecified atom stereocenters. The molecule has 4 nitrogen and oxygen atoms in total. The van der Waals surface area contributed by atoms with Crippen molar-refractivity contribution in [2.45, 2.75) is 26.3 Å². The largest absolute Gasteiger partial charge is 0.297 e. The van der Waals surface area contributed by atoms with Crippen LogP contribution in [-0.4, -0.2) is 32.9 Å². The van der Waals surface area contributed by atoms with Crippen molar-refractivity contribution in [3.63, 3.8) is 0 Å². The summed E-state index contributed by atoms with van der Waals surface area (Å²) >= 11 is 0. The Morgan fingerprint density at radius 3 is 3.05 bits per heavy atom. The molecule has 4 heteroatoms. The number of piperidine rings is 1. The van der Waals surface area contributed by atoms with Crippen LogP contribution in [0.2, 0.25) is 0 Å². The van der Waals surface area contributed by atoms with Crippen LogP contribution in [0.25, 0.3) is 11.4 Å². The minimum atomic E-state index is 0.764. The van der Waals surface area contributed by atoms with Gasteiger partial charge in [-0.3, -0.25) is 9.88 Å². The maximum Gasteiger partial charge on any atom is 0.160 e. The van der Waals surface area contributed by atoms with Crippen molar-refractivity contribution in [3.05, 3.63) is 42.5 Å². The van der Waals surface area contributed by atoms with Gasteiger partial charge in [-0.2, -0.15) is 0 Å². The summed E-state index contributed by atoms with van der Waals surface area (Å²) in [6.45, 7) is 5.59. The molecule has 1 fully saturated rings. The molecule has 2 aromatic heterocycles. The molecule has 0 aliphatic carbocycles. The van der Waals surface area contributed by atoms with Gasteiger partial charge in [0.2, 0.25) is 0 Å². The standard InChI is InChI=1S/C16H20N4/c1-13-4-3-9-20(11-13)12-15-6-8-18-16(19-15)14-5-2-7-17-10-14/h2,5-8,10,13H,3-4,9,11-12H2,1H3/t13-/m0/s1. The quantitative estimate of drug-likeness (QED) is 0.858. The number of hydrogen-bond donors (Lipinski definition) is 0. The Hall–Kier alpha value is -1.81. The Balaban J connectivity index is 1.74. The van der Waals surface area contributed by atoms with Crippen LogP contribution >= 0.6 is 0 Å². The average molecular weight is 268 g/mol. The van der Waals surface area contributed by atoms with Crippen LogP contribution in [0.3, 0.4) is 0 Å². The fraction of sp³-hybridized carbons (Fsp3) is 0.438. The molecular weight excluding hydrogens is 248 g/mol. The van der Waals surface area contributed by atoms with Gasteiger partial charge >= 0.3 is 0 Å². The number of aromatic nitrogens is 3. The summed E-state index contributed by atoms with van der Waals surface area (Å²) in [4.78, 5) is 15.6. The molecule has 2 aromatic rings. The average Bonchev–Trinajstić information content (AvgIpc) is 2.48. The molecule has 0 saturated carbocycles. The first kappa shape index (κ1) is 13.2. The van der Waals surface area contributed by atoms with Crippen LogP contribution in [0.15, 0.2) is 36.8 Å². The lowest BCUT2D eigenvalue weighted by Gasteiger charge is -2.30. The maximum absolute atomic E-state index is 4.67. The number of pyridine rings is 1. The molecule has 3 rings (SSSR count). The molecule has 1 aliphatic rings. The van der Waals surface area contributed by atoms with Gasteiger partial charge in [0.15, 0.2) is 5.82 Å². The van der Waals surface area contributed by atoms with E-state index in [1.807, 2.05) is 30.6 Å². The smallest absolute Gasteiger partial charge is 0.160 e. The van der Waals surface area contributed by atoms with Crippen molar-refractivity contribution >= 4 is 0 Å². The molecule has 1 atom stereocenters. The summed E-state index contributed by atoms with van der Waals surface area (Å²) in [5.74, 6) is 1.56. The molecule has 0 aromatic carbocycles. The minimum absolute atomic E-state index is 0.764. The molecule has 0 spiro atoms. The summed E-state index contributed by atoms with van der Waals surface area (Å²) in [7, 11) is 0. The minimum Gasteiger partial charge on any atom is -0.297 e. The van der Waals surface area contributed by atoms with Crippen LogP contribution in [0.5, 0.6) is 0 Å². The third-order valence-corrected chi connectivity index (χ3v) is 3.76. The van der Waals surface area contributed by atoms with Crippen molar-refractivity contribution < 1.29 is 0 Å². The highest BCUT2D eigenvalue weighted by molar-refractivity contribution is 5.52. The molecule has 0 N–H and O–H groups in total. The molecule has 1 saturated heterocycles. The van der Waals surface area contributed by atoms with E-state index in [0.29, 0.717) is 0 Å². The lowest BCUT2D eigenvalue weighted by Crippen LogP contribution is -2.34. The molecule has 20 heavy (non-hydrogen) atoms. The first-order valence-electron chi connectivity index (χ1n) is 7.26. The van der Waals surface area contributed by atoms with E-state index in [1.165, 1.54) is 25.9 Å². The van der Waals surface area contributed by atoms with Crippen LogP contribution in [0, 0.1) is 5.92 Å². The van der Waals surface area contributed by atoms with E-state index in [-0.39, 0.29) is 0 Å². The Bertz CT molecular complexity index is 555.